The molecule has 0 saturated heterocycles. The minimum Gasteiger partial charge on any atom is -0.387 e. The zero-order chi connectivity index (χ0) is 24.0. The molecule has 0 unspecified atom stereocenters. The van der Waals surface area contributed by atoms with E-state index >= 15 is 0 Å². The highest BCUT2D eigenvalue weighted by molar-refractivity contribution is 5.87. The third-order valence-electron chi connectivity index (χ3n) is 4.19. The first kappa shape index (κ1) is 28.6. The lowest BCUT2D eigenvalue weighted by Crippen LogP contribution is -2.24. The van der Waals surface area contributed by atoms with Crippen molar-refractivity contribution in [2.75, 3.05) is 27.2 Å². The van der Waals surface area contributed by atoms with E-state index in [2.05, 4.69) is 74.8 Å². The Hall–Kier alpha value is -3.42. The van der Waals surface area contributed by atoms with Crippen LogP contribution in [0.5, 0.6) is 0 Å². The molecule has 0 spiro atoms. The summed E-state index contributed by atoms with van der Waals surface area (Å²) in [6.07, 6.45) is 19.3. The minimum absolute atomic E-state index is 0.718. The lowest BCUT2D eigenvalue weighted by molar-refractivity contribution is 0.529. The van der Waals surface area contributed by atoms with E-state index in [1.807, 2.05) is 37.7 Å². The predicted molar refractivity (Wildman–Crippen MR) is 141 cm³/mol. The topological polar surface area (TPSA) is 103 Å². The summed E-state index contributed by atoms with van der Waals surface area (Å²) in [4.78, 5) is 18.2. The van der Waals surface area contributed by atoms with Crippen molar-refractivity contribution < 1.29 is 0 Å². The highest BCUT2D eigenvalue weighted by Crippen LogP contribution is 2.02. The average molecular weight is 441 g/mol. The van der Waals surface area contributed by atoms with E-state index < -0.39 is 0 Å². The lowest BCUT2D eigenvalue weighted by Gasteiger charge is -2.15. The maximum absolute atomic E-state index is 5.22. The minimum atomic E-state index is 0.718. The predicted octanol–water partition coefficient (Wildman–Crippen LogP) is 3.75. The van der Waals surface area contributed by atoms with Crippen LogP contribution in [0.3, 0.4) is 0 Å². The van der Waals surface area contributed by atoms with Crippen molar-refractivity contribution in [2.45, 2.75) is 39.5 Å². The van der Waals surface area contributed by atoms with Gasteiger partial charge in [-0.2, -0.15) is 0 Å². The molecule has 0 aromatic carbocycles. The van der Waals surface area contributed by atoms with Gasteiger partial charge in [-0.3, -0.25) is 9.98 Å². The molecule has 0 saturated carbocycles. The Morgan fingerprint density at radius 3 is 1.84 bits per heavy atom. The van der Waals surface area contributed by atoms with Crippen LogP contribution in [0.1, 0.15) is 39.5 Å². The molecular weight excluding hydrogens is 400 g/mol. The Labute approximate surface area is 193 Å². The number of hydrogen-bond acceptors (Lipinski definition) is 6. The Balaban J connectivity index is 0.000000393. The average Bonchev–Trinajstić information content (AvgIpc) is 3.64. The number of aliphatic imine (C=N–C) groups is 4. The van der Waals surface area contributed by atoms with Crippen LogP contribution < -0.4 is 16.4 Å². The van der Waals surface area contributed by atoms with Crippen molar-refractivity contribution in [3.63, 3.8) is 0 Å². The molecule has 8 nitrogen and oxygen atoms in total. The standard InChI is InChI=1S/C7H12N2.C6H10N2.C5H8N2.C4H6N2.C2H4/c1-3-9(2)7-5-4-6-8-7;1-2-7-6-4-3-5-8-6;1-6-5-3-2-4-7-5;5-4-2-1-3-6-4;1-2/h4,6H,3,5H2,1-2H3;3,5H,2,4H2,1H3,(H,7,8);2,4H,3H2,1H3,(H,6,7);1,3H,2H2,(H2,5,6);1-2H2. The molecule has 4 N–H and O–H groups in total. The van der Waals surface area contributed by atoms with Gasteiger partial charge in [-0.25, -0.2) is 9.98 Å². The van der Waals surface area contributed by atoms with E-state index in [0.717, 1.165) is 56.3 Å². The first-order valence-corrected chi connectivity index (χ1v) is 10.8. The quantitative estimate of drug-likeness (QED) is 0.569. The largest absolute Gasteiger partial charge is 0.387 e. The molecule has 0 bridgehead atoms. The summed E-state index contributed by atoms with van der Waals surface area (Å²) in [5, 5.41) is 6.00. The molecule has 0 amide bonds. The van der Waals surface area contributed by atoms with Crippen LogP contribution in [-0.4, -0.2) is 55.4 Å². The van der Waals surface area contributed by atoms with Gasteiger partial charge in [0.2, 0.25) is 0 Å². The van der Waals surface area contributed by atoms with E-state index in [1.54, 1.807) is 13.2 Å². The van der Waals surface area contributed by atoms with Gasteiger partial charge in [0, 0.05) is 65.3 Å². The van der Waals surface area contributed by atoms with Crippen LogP contribution in [-0.2, 0) is 0 Å². The molecule has 0 aromatic rings. The molecule has 0 radical (unpaired) electrons. The molecule has 8 heteroatoms. The maximum atomic E-state index is 5.22. The molecule has 4 rings (SSSR count). The lowest BCUT2D eigenvalue weighted by atomic mass is 10.4. The second kappa shape index (κ2) is 19.5. The first-order chi connectivity index (χ1) is 15.6. The second-order valence-corrected chi connectivity index (χ2v) is 6.45. The van der Waals surface area contributed by atoms with Crippen LogP contribution in [0, 0.1) is 0 Å². The van der Waals surface area contributed by atoms with Crippen molar-refractivity contribution in [3.05, 3.63) is 62.3 Å². The van der Waals surface area contributed by atoms with Gasteiger partial charge in [-0.05, 0) is 26.2 Å². The number of nitrogens with one attached hydrogen (secondary N) is 2. The smallest absolute Gasteiger partial charge is 0.108 e. The molecule has 4 aliphatic rings. The molecular formula is C24H40N8. The monoisotopic (exact) mass is 440 g/mol. The van der Waals surface area contributed by atoms with E-state index in [0.29, 0.717) is 0 Å². The van der Waals surface area contributed by atoms with Gasteiger partial charge in [-0.1, -0.05) is 24.3 Å². The summed E-state index contributed by atoms with van der Waals surface area (Å²) >= 11 is 0. The van der Waals surface area contributed by atoms with Gasteiger partial charge in [0.1, 0.15) is 23.3 Å². The third-order valence-corrected chi connectivity index (χ3v) is 4.19. The summed E-state index contributed by atoms with van der Waals surface area (Å²) in [6.45, 7) is 12.1. The number of nitrogens with zero attached hydrogens (tertiary/aromatic N) is 5. The normalized spacial score (nSPS) is 18.6. The van der Waals surface area contributed by atoms with Crippen molar-refractivity contribution >= 4 is 23.3 Å². The molecule has 0 fully saturated rings. The van der Waals surface area contributed by atoms with Crippen LogP contribution in [0.25, 0.3) is 0 Å². The summed E-state index contributed by atoms with van der Waals surface area (Å²) < 4.78 is 0. The highest BCUT2D eigenvalue weighted by Gasteiger charge is 2.03. The Morgan fingerprint density at radius 1 is 0.938 bits per heavy atom. The van der Waals surface area contributed by atoms with Gasteiger partial charge in [0.05, 0.1) is 0 Å². The van der Waals surface area contributed by atoms with Gasteiger partial charge in [0.25, 0.3) is 0 Å². The fourth-order valence-corrected chi connectivity index (χ4v) is 2.39. The Morgan fingerprint density at radius 2 is 1.53 bits per heavy atom. The second-order valence-electron chi connectivity index (χ2n) is 6.45. The fourth-order valence-electron chi connectivity index (χ4n) is 2.39. The van der Waals surface area contributed by atoms with E-state index in [-0.39, 0.29) is 0 Å². The van der Waals surface area contributed by atoms with Gasteiger partial charge in [0.15, 0.2) is 0 Å². The SMILES string of the molecule is C=C.CCN(C)C1=NC=CC1.CCN=C1CC=CN1.CN=C1CC=CN1.NC1=NC=CC1. The van der Waals surface area contributed by atoms with Crippen molar-refractivity contribution in [1.29, 1.82) is 0 Å². The highest BCUT2D eigenvalue weighted by atomic mass is 15.2. The van der Waals surface area contributed by atoms with Gasteiger partial charge < -0.3 is 21.3 Å². The molecule has 0 atom stereocenters. The molecule has 4 aliphatic heterocycles. The van der Waals surface area contributed by atoms with E-state index in [9.17, 15) is 0 Å². The molecule has 4 heterocycles. The zero-order valence-electron chi connectivity index (χ0n) is 20.1. The molecule has 32 heavy (non-hydrogen) atoms. The number of hydrogen-bond donors (Lipinski definition) is 3. The van der Waals surface area contributed by atoms with Gasteiger partial charge in [-0.15, -0.1) is 13.2 Å². The summed E-state index contributed by atoms with van der Waals surface area (Å²) in [5.74, 6) is 4.04. The van der Waals surface area contributed by atoms with E-state index in [1.165, 1.54) is 5.84 Å². The Kier molecular flexibility index (Phi) is 17.4. The maximum Gasteiger partial charge on any atom is 0.108 e. The first-order valence-electron chi connectivity index (χ1n) is 10.8. The molecule has 0 aliphatic carbocycles. The third kappa shape index (κ3) is 13.7. The van der Waals surface area contributed by atoms with Crippen molar-refractivity contribution in [1.82, 2.24) is 15.5 Å². The molecule has 176 valence electrons. The molecule has 0 aromatic heterocycles. The zero-order valence-corrected chi connectivity index (χ0v) is 20.1. The summed E-state index contributed by atoms with van der Waals surface area (Å²) in [5.41, 5.74) is 5.22. The van der Waals surface area contributed by atoms with Crippen molar-refractivity contribution in [3.8, 4) is 0 Å². The summed E-state index contributed by atoms with van der Waals surface area (Å²) in [7, 11) is 3.85. The number of nitrogens with two attached hydrogens (primary N) is 1. The van der Waals surface area contributed by atoms with Crippen LogP contribution in [0.4, 0.5) is 0 Å². The summed E-state index contributed by atoms with van der Waals surface area (Å²) in [6, 6.07) is 0. The Bertz CT molecular complexity index is 734. The van der Waals surface area contributed by atoms with Gasteiger partial charge >= 0.3 is 0 Å². The van der Waals surface area contributed by atoms with Crippen molar-refractivity contribution in [2.24, 2.45) is 25.7 Å². The number of rotatable bonds is 2. The van der Waals surface area contributed by atoms with Crippen LogP contribution in [0.15, 0.2) is 82.2 Å². The number of amidine groups is 4. The van der Waals surface area contributed by atoms with Crippen LogP contribution >= 0.6 is 0 Å². The fraction of sp³-hybridized carbons (Fsp3) is 0.417. The van der Waals surface area contributed by atoms with Crippen LogP contribution in [0.2, 0.25) is 0 Å². The van der Waals surface area contributed by atoms with E-state index in [4.69, 9.17) is 5.73 Å².